The molecule has 0 amide bonds. The summed E-state index contributed by atoms with van der Waals surface area (Å²) in [4.78, 5) is 0. The average molecular weight is 180 g/mol. The Labute approximate surface area is 96.3 Å². The van der Waals surface area contributed by atoms with E-state index in [0.717, 1.165) is 0 Å². The number of nitrogens with two attached hydrogens (primary N) is 1. The van der Waals surface area contributed by atoms with E-state index in [1.165, 1.54) is 0 Å². The Kier molecular flexibility index (Phi) is 8.96. The van der Waals surface area contributed by atoms with Gasteiger partial charge >= 0.3 is 0 Å². The van der Waals surface area contributed by atoms with Crippen molar-refractivity contribution in [1.29, 1.82) is 0 Å². The van der Waals surface area contributed by atoms with Crippen LogP contribution in [0.15, 0.2) is 0 Å². The van der Waals surface area contributed by atoms with Gasteiger partial charge < -0.3 is 10.3 Å². The maximum atomic E-state index is 10.1. The molecule has 1 atom stereocenters. The molecule has 0 bridgehead atoms. The summed E-state index contributed by atoms with van der Waals surface area (Å²) in [6, 6.07) is 0. The second kappa shape index (κ2) is 5.69. The molecular weight excluding hydrogens is 173 g/mol. The van der Waals surface area contributed by atoms with E-state index in [0.29, 0.717) is 0 Å². The number of hydrogen-bond donors (Lipinski definition) is 2. The van der Waals surface area contributed by atoms with Gasteiger partial charge in [0.1, 0.15) is 8.77 Å². The molecule has 0 saturated heterocycles. The van der Waals surface area contributed by atoms with Crippen molar-refractivity contribution in [3.05, 3.63) is 0 Å². The van der Waals surface area contributed by atoms with Crippen LogP contribution in [0.1, 0.15) is 0 Å². The third-order valence-corrected chi connectivity index (χ3v) is 1.63. The van der Waals surface area contributed by atoms with E-state index in [2.05, 4.69) is 11.2 Å². The van der Waals surface area contributed by atoms with Gasteiger partial charge in [-0.05, 0) is 0 Å². The third kappa shape index (κ3) is 10.8. The van der Waals surface area contributed by atoms with Gasteiger partial charge in [-0.3, -0.25) is 0 Å². The molecule has 0 aliphatic heterocycles. The van der Waals surface area contributed by atoms with Crippen LogP contribution in [-0.2, 0) is 20.0 Å². The van der Waals surface area contributed by atoms with Crippen LogP contribution in [0, 0.1) is 0 Å². The van der Waals surface area contributed by atoms with Gasteiger partial charge in [-0.25, -0.2) is 4.21 Å². The Bertz CT molecular complexity index is 131. The van der Waals surface area contributed by atoms with E-state index in [4.69, 9.17) is 10.3 Å². The van der Waals surface area contributed by atoms with Crippen molar-refractivity contribution >= 4 is 71.3 Å². The third-order valence-electron chi connectivity index (χ3n) is 0.376. The summed E-state index contributed by atoms with van der Waals surface area (Å²) < 4.78 is 18.4. The molecule has 3 N–H and O–H groups in total. The summed E-state index contributed by atoms with van der Waals surface area (Å²) in [6.07, 6.45) is 0. The quantitative estimate of drug-likeness (QED) is 0.523. The van der Waals surface area contributed by atoms with Gasteiger partial charge in [-0.1, -0.05) is 0 Å². The van der Waals surface area contributed by atoms with Gasteiger partial charge in [0.2, 0.25) is 0 Å². The molecule has 8 heavy (non-hydrogen) atoms. The fraction of sp³-hybridized carbons (Fsp3) is 1.00. The van der Waals surface area contributed by atoms with Gasteiger partial charge in [-0.2, -0.15) is 0 Å². The van der Waals surface area contributed by atoms with Crippen LogP contribution in [-0.4, -0.2) is 72.4 Å². The van der Waals surface area contributed by atoms with E-state index in [9.17, 15) is 4.21 Å². The van der Waals surface area contributed by atoms with E-state index in [1.807, 2.05) is 0 Å². The second-order valence-corrected chi connectivity index (χ2v) is 4.21. The molecule has 0 aromatic heterocycles. The normalized spacial score (nSPS) is 16.2. The standard InChI is InChI=1S/C2H7NO2S2.K/c3-1-2-7(4,5)6;/h1-3H2,(H,4,5,6);. The van der Waals surface area contributed by atoms with Gasteiger partial charge in [0.05, 0.1) is 5.75 Å². The first-order valence-corrected chi connectivity index (χ1v) is 4.32. The molecular formula is C2H7KNO2S2. The van der Waals surface area contributed by atoms with Crippen LogP contribution < -0.4 is 5.73 Å². The average Bonchev–Trinajstić information content (AvgIpc) is 1.30. The van der Waals surface area contributed by atoms with Crippen LogP contribution in [0.3, 0.4) is 0 Å². The molecule has 0 aromatic rings. The Morgan fingerprint density at radius 2 is 2.12 bits per heavy atom. The zero-order valence-corrected chi connectivity index (χ0v) is 9.42. The van der Waals surface area contributed by atoms with Gasteiger partial charge in [0.25, 0.3) is 0 Å². The largest absolute Gasteiger partial charge is 0.329 e. The topological polar surface area (TPSA) is 63.3 Å². The van der Waals surface area contributed by atoms with Crippen molar-refractivity contribution in [1.82, 2.24) is 0 Å². The Balaban J connectivity index is 0. The predicted octanol–water partition coefficient (Wildman–Crippen LogP) is -1.22. The first-order chi connectivity index (χ1) is 3.06. The molecule has 1 radical (unpaired) electrons. The Hall–Kier alpha value is 1.93. The molecule has 0 fully saturated rings. The maximum absolute atomic E-state index is 10.1. The summed E-state index contributed by atoms with van der Waals surface area (Å²) in [5.74, 6) is 0.0162. The smallest absolute Gasteiger partial charge is 0.142 e. The molecule has 0 saturated carbocycles. The van der Waals surface area contributed by atoms with Crippen molar-refractivity contribution < 1.29 is 8.76 Å². The molecule has 1 unspecified atom stereocenters. The fourth-order valence-corrected chi connectivity index (χ4v) is 0.735. The summed E-state index contributed by atoms with van der Waals surface area (Å²) in [7, 11) is -2.97. The molecule has 0 aromatic carbocycles. The number of hydrogen-bond acceptors (Lipinski definition) is 3. The van der Waals surface area contributed by atoms with E-state index in [-0.39, 0.29) is 63.7 Å². The van der Waals surface area contributed by atoms with Gasteiger partial charge in [0.15, 0.2) is 0 Å². The van der Waals surface area contributed by atoms with Crippen LogP contribution in [0.4, 0.5) is 0 Å². The molecule has 3 nitrogen and oxygen atoms in total. The fourth-order valence-electron chi connectivity index (χ4n) is 0.149. The molecule has 0 heterocycles. The molecule has 6 heteroatoms. The minimum Gasteiger partial charge on any atom is -0.329 e. The van der Waals surface area contributed by atoms with E-state index >= 15 is 0 Å². The summed E-state index contributed by atoms with van der Waals surface area (Å²) in [6.45, 7) is 0.179. The van der Waals surface area contributed by atoms with Crippen LogP contribution >= 0.6 is 0 Å². The zero-order chi connectivity index (χ0) is 5.91. The zero-order valence-electron chi connectivity index (χ0n) is 4.66. The van der Waals surface area contributed by atoms with Gasteiger partial charge in [-0.15, -0.1) is 0 Å². The van der Waals surface area contributed by atoms with Gasteiger partial charge in [0, 0.05) is 69.1 Å². The molecule has 0 aliphatic carbocycles. The molecule has 45 valence electrons. The van der Waals surface area contributed by atoms with Crippen molar-refractivity contribution in [2.75, 3.05) is 12.3 Å². The van der Waals surface area contributed by atoms with E-state index < -0.39 is 8.77 Å². The molecule has 0 aliphatic rings. The van der Waals surface area contributed by atoms with E-state index in [1.54, 1.807) is 0 Å². The second-order valence-electron chi connectivity index (χ2n) is 1.07. The summed E-state index contributed by atoms with van der Waals surface area (Å²) in [5, 5.41) is 0. The predicted molar refractivity (Wildman–Crippen MR) is 37.8 cm³/mol. The first kappa shape index (κ1) is 12.6. The Morgan fingerprint density at radius 3 is 2.12 bits per heavy atom. The SMILES string of the molecule is NCCS(=O)(O)=S.[K]. The minimum absolute atomic E-state index is 0. The summed E-state index contributed by atoms with van der Waals surface area (Å²) >= 11 is 4.09. The summed E-state index contributed by atoms with van der Waals surface area (Å²) in [5.41, 5.74) is 4.91. The van der Waals surface area contributed by atoms with Crippen LogP contribution in [0.2, 0.25) is 0 Å². The maximum Gasteiger partial charge on any atom is 0.142 e. The molecule has 0 rings (SSSR count). The minimum atomic E-state index is -2.97. The van der Waals surface area contributed by atoms with Crippen LogP contribution in [0.5, 0.6) is 0 Å². The van der Waals surface area contributed by atoms with Crippen molar-refractivity contribution in [2.24, 2.45) is 5.73 Å². The van der Waals surface area contributed by atoms with Crippen molar-refractivity contribution in [3.63, 3.8) is 0 Å². The Morgan fingerprint density at radius 1 is 1.75 bits per heavy atom. The molecule has 0 spiro atoms. The number of rotatable bonds is 2. The van der Waals surface area contributed by atoms with Crippen molar-refractivity contribution in [2.45, 2.75) is 0 Å². The van der Waals surface area contributed by atoms with Crippen LogP contribution in [0.25, 0.3) is 0 Å². The first-order valence-electron chi connectivity index (χ1n) is 1.71. The monoisotopic (exact) mass is 180 g/mol. The van der Waals surface area contributed by atoms with Crippen molar-refractivity contribution in [3.8, 4) is 0 Å².